The molecular weight excluding hydrogens is 396 g/mol. The van der Waals surface area contributed by atoms with E-state index in [1.807, 2.05) is 0 Å². The Balaban J connectivity index is 1.70. The van der Waals surface area contributed by atoms with Gasteiger partial charge in [-0.1, -0.05) is 0 Å². The van der Waals surface area contributed by atoms with E-state index in [0.717, 1.165) is 6.07 Å². The minimum absolute atomic E-state index is 0.0626. The van der Waals surface area contributed by atoms with E-state index in [4.69, 9.17) is 5.26 Å². The molecule has 0 radical (unpaired) electrons. The van der Waals surface area contributed by atoms with Crippen LogP contribution in [0.25, 0.3) is 0 Å². The molecule has 1 aromatic heterocycles. The van der Waals surface area contributed by atoms with Crippen molar-refractivity contribution in [1.82, 2.24) is 19.8 Å². The zero-order chi connectivity index (χ0) is 21.2. The van der Waals surface area contributed by atoms with Crippen LogP contribution in [0.5, 0.6) is 0 Å². The van der Waals surface area contributed by atoms with Gasteiger partial charge in [0.2, 0.25) is 0 Å². The van der Waals surface area contributed by atoms with Crippen LogP contribution in [0, 0.1) is 17.1 Å². The van der Waals surface area contributed by atoms with Crippen molar-refractivity contribution < 1.29 is 27.2 Å². The molecule has 8 nitrogen and oxygen atoms in total. The van der Waals surface area contributed by atoms with Crippen molar-refractivity contribution in [3.63, 3.8) is 0 Å². The van der Waals surface area contributed by atoms with Gasteiger partial charge >= 0.3 is 12.2 Å². The molecule has 0 spiro atoms. The van der Waals surface area contributed by atoms with Gasteiger partial charge in [-0.05, 0) is 18.2 Å². The molecule has 0 aliphatic carbocycles. The monoisotopic (exact) mass is 410 g/mol. The third-order valence-corrected chi connectivity index (χ3v) is 4.19. The molecule has 2 heterocycles. The van der Waals surface area contributed by atoms with Gasteiger partial charge in [-0.25, -0.2) is 14.2 Å². The van der Waals surface area contributed by atoms with Crippen LogP contribution in [-0.4, -0.2) is 45.7 Å². The van der Waals surface area contributed by atoms with Crippen LogP contribution < -0.4 is 10.6 Å². The summed E-state index contributed by atoms with van der Waals surface area (Å²) in [6, 6.07) is 4.60. The van der Waals surface area contributed by atoms with Gasteiger partial charge in [-0.2, -0.15) is 18.4 Å². The van der Waals surface area contributed by atoms with E-state index >= 15 is 0 Å². The third kappa shape index (κ3) is 4.63. The standard InChI is InChI=1S/C17H14F4N6O2/c18-12-2-1-11(5-10(12)6-22)25-16(29)26-3-4-27-9-24-14(13(27)7-26)15(28)23-8-17(19,20)21/h1-2,5,9H,3-4,7-8H2,(H,23,28)(H,25,29). The predicted octanol–water partition coefficient (Wildman–Crippen LogP) is 2.23. The van der Waals surface area contributed by atoms with Gasteiger partial charge in [0.05, 0.1) is 24.1 Å². The van der Waals surface area contributed by atoms with Crippen molar-refractivity contribution in [2.75, 3.05) is 18.4 Å². The molecule has 1 aliphatic rings. The lowest BCUT2D eigenvalue weighted by Gasteiger charge is -2.28. The molecule has 3 amide bonds. The van der Waals surface area contributed by atoms with Crippen molar-refractivity contribution in [2.24, 2.45) is 0 Å². The smallest absolute Gasteiger partial charge is 0.342 e. The summed E-state index contributed by atoms with van der Waals surface area (Å²) in [4.78, 5) is 29.7. The number of rotatable bonds is 3. The lowest BCUT2D eigenvalue weighted by molar-refractivity contribution is -0.123. The molecule has 29 heavy (non-hydrogen) atoms. The van der Waals surface area contributed by atoms with Gasteiger partial charge in [0, 0.05) is 18.8 Å². The van der Waals surface area contributed by atoms with Gasteiger partial charge < -0.3 is 20.1 Å². The summed E-state index contributed by atoms with van der Waals surface area (Å²) in [6.45, 7) is -1.01. The molecule has 0 unspecified atom stereocenters. The summed E-state index contributed by atoms with van der Waals surface area (Å²) < 4.78 is 51.9. The van der Waals surface area contributed by atoms with Crippen molar-refractivity contribution >= 4 is 17.6 Å². The number of imidazole rings is 1. The molecule has 0 fully saturated rings. The summed E-state index contributed by atoms with van der Waals surface area (Å²) in [5, 5.41) is 13.1. The van der Waals surface area contributed by atoms with Crippen molar-refractivity contribution in [3.8, 4) is 6.07 Å². The van der Waals surface area contributed by atoms with Crippen LogP contribution in [0.4, 0.5) is 28.0 Å². The third-order valence-electron chi connectivity index (χ3n) is 4.19. The number of amides is 3. The maximum atomic E-state index is 13.4. The minimum Gasteiger partial charge on any atom is -0.342 e. The molecule has 1 aliphatic heterocycles. The number of hydrogen-bond acceptors (Lipinski definition) is 4. The van der Waals surface area contributed by atoms with E-state index in [0.29, 0.717) is 5.69 Å². The van der Waals surface area contributed by atoms with Crippen molar-refractivity contribution in [3.05, 3.63) is 47.3 Å². The number of benzene rings is 1. The minimum atomic E-state index is -4.56. The molecule has 152 valence electrons. The second-order valence-electron chi connectivity index (χ2n) is 6.19. The number of fused-ring (bicyclic) bond motifs is 1. The normalized spacial score (nSPS) is 13.4. The number of hydrogen-bond donors (Lipinski definition) is 2. The van der Waals surface area contributed by atoms with Gasteiger partial charge in [-0.15, -0.1) is 0 Å². The highest BCUT2D eigenvalue weighted by atomic mass is 19.4. The number of anilines is 1. The fraction of sp³-hybridized carbons (Fsp3) is 0.294. The predicted molar refractivity (Wildman–Crippen MR) is 91.2 cm³/mol. The molecular formula is C17H14F4N6O2. The largest absolute Gasteiger partial charge is 0.405 e. The lowest BCUT2D eigenvalue weighted by Crippen LogP contribution is -2.41. The summed E-state index contributed by atoms with van der Waals surface area (Å²) >= 11 is 0. The summed E-state index contributed by atoms with van der Waals surface area (Å²) in [7, 11) is 0. The Hall–Kier alpha value is -3.62. The van der Waals surface area contributed by atoms with E-state index < -0.39 is 30.5 Å². The SMILES string of the molecule is N#Cc1cc(NC(=O)N2CCn3cnc(C(=O)NCC(F)(F)F)c3C2)ccc1F. The first-order valence-corrected chi connectivity index (χ1v) is 8.32. The number of carbonyl (C=O) groups excluding carboxylic acids is 2. The number of aromatic nitrogens is 2. The molecule has 3 rings (SSSR count). The van der Waals surface area contributed by atoms with Crippen LogP contribution in [-0.2, 0) is 13.1 Å². The number of urea groups is 1. The first-order valence-electron chi connectivity index (χ1n) is 8.32. The van der Waals surface area contributed by atoms with Crippen LogP contribution in [0.1, 0.15) is 21.7 Å². The number of alkyl halides is 3. The molecule has 1 aromatic carbocycles. The molecule has 12 heteroatoms. The second kappa shape index (κ2) is 7.78. The number of halogens is 4. The summed E-state index contributed by atoms with van der Waals surface area (Å²) in [5.74, 6) is -1.71. The molecule has 2 aromatic rings. The fourth-order valence-corrected chi connectivity index (χ4v) is 2.77. The fourth-order valence-electron chi connectivity index (χ4n) is 2.77. The van der Waals surface area contributed by atoms with E-state index in [2.05, 4.69) is 10.3 Å². The Labute approximate surface area is 161 Å². The highest BCUT2D eigenvalue weighted by molar-refractivity contribution is 5.94. The van der Waals surface area contributed by atoms with Gasteiger partial charge in [0.1, 0.15) is 18.4 Å². The van der Waals surface area contributed by atoms with Crippen LogP contribution in [0.15, 0.2) is 24.5 Å². The Morgan fingerprint density at radius 1 is 1.28 bits per heavy atom. The zero-order valence-electron chi connectivity index (χ0n) is 14.8. The Bertz CT molecular complexity index is 995. The Kier molecular flexibility index (Phi) is 5.40. The quantitative estimate of drug-likeness (QED) is 0.758. The highest BCUT2D eigenvalue weighted by Gasteiger charge is 2.31. The van der Waals surface area contributed by atoms with E-state index in [1.54, 1.807) is 16.0 Å². The molecule has 2 N–H and O–H groups in total. The van der Waals surface area contributed by atoms with Gasteiger partial charge in [0.25, 0.3) is 5.91 Å². The van der Waals surface area contributed by atoms with Gasteiger partial charge in [0.15, 0.2) is 5.69 Å². The maximum Gasteiger partial charge on any atom is 0.405 e. The van der Waals surface area contributed by atoms with Crippen LogP contribution in [0.2, 0.25) is 0 Å². The summed E-state index contributed by atoms with van der Waals surface area (Å²) in [5.41, 5.74) is 0.0708. The van der Waals surface area contributed by atoms with Crippen LogP contribution >= 0.6 is 0 Å². The van der Waals surface area contributed by atoms with Gasteiger partial charge in [-0.3, -0.25) is 4.79 Å². The highest BCUT2D eigenvalue weighted by Crippen LogP contribution is 2.20. The Morgan fingerprint density at radius 2 is 2.03 bits per heavy atom. The second-order valence-corrected chi connectivity index (χ2v) is 6.19. The zero-order valence-corrected chi connectivity index (χ0v) is 14.8. The maximum absolute atomic E-state index is 13.4. The summed E-state index contributed by atoms with van der Waals surface area (Å²) in [6.07, 6.45) is -3.23. The number of carbonyl (C=O) groups is 2. The molecule has 0 atom stereocenters. The molecule has 0 saturated heterocycles. The Morgan fingerprint density at radius 3 is 2.72 bits per heavy atom. The van der Waals surface area contributed by atoms with E-state index in [9.17, 15) is 27.2 Å². The first-order chi connectivity index (χ1) is 13.7. The number of nitrogens with zero attached hydrogens (tertiary/aromatic N) is 4. The molecule has 0 saturated carbocycles. The van der Waals surface area contributed by atoms with E-state index in [-0.39, 0.29) is 36.6 Å². The number of nitrogens with one attached hydrogen (secondary N) is 2. The van der Waals surface area contributed by atoms with Crippen molar-refractivity contribution in [2.45, 2.75) is 19.3 Å². The topological polar surface area (TPSA) is 103 Å². The lowest BCUT2D eigenvalue weighted by atomic mass is 10.2. The number of nitriles is 1. The molecule has 0 bridgehead atoms. The van der Waals surface area contributed by atoms with Crippen LogP contribution in [0.3, 0.4) is 0 Å². The van der Waals surface area contributed by atoms with E-state index in [1.165, 1.54) is 23.4 Å². The average Bonchev–Trinajstić information content (AvgIpc) is 3.10. The first kappa shape index (κ1) is 20.1. The van der Waals surface area contributed by atoms with Crippen molar-refractivity contribution in [1.29, 1.82) is 5.26 Å². The average molecular weight is 410 g/mol.